The Morgan fingerprint density at radius 3 is 2.15 bits per heavy atom. The lowest BCUT2D eigenvalue weighted by Gasteiger charge is -2.29. The Labute approximate surface area is 158 Å². The maximum absolute atomic E-state index is 14.6. The quantitative estimate of drug-likeness (QED) is 0.463. The molecule has 0 N–H and O–H groups in total. The minimum atomic E-state index is -4.38. The van der Waals surface area contributed by atoms with Crippen molar-refractivity contribution >= 4 is 0 Å². The smallest absolute Gasteiger partial charge is 0.206 e. The first kappa shape index (κ1) is 19.9. The number of hydrogen-bond donors (Lipinski definition) is 0. The SMILES string of the molecule is CCCCC1CCC(c2ccc(-c3ccc(C(F)(F)F)cc3)c(F)c2)CC1. The summed E-state index contributed by atoms with van der Waals surface area (Å²) in [5, 5.41) is 0. The predicted octanol–water partition coefficient (Wildman–Crippen LogP) is 7.98. The zero-order valence-electron chi connectivity index (χ0n) is 15.7. The van der Waals surface area contributed by atoms with Crippen LogP contribution in [0.4, 0.5) is 17.6 Å². The van der Waals surface area contributed by atoms with Crippen LogP contribution in [0.1, 0.15) is 68.9 Å². The molecule has 146 valence electrons. The monoisotopic (exact) mass is 378 g/mol. The number of halogens is 4. The van der Waals surface area contributed by atoms with Crippen molar-refractivity contribution < 1.29 is 17.6 Å². The highest BCUT2D eigenvalue weighted by Gasteiger charge is 2.30. The van der Waals surface area contributed by atoms with E-state index in [1.807, 2.05) is 6.07 Å². The van der Waals surface area contributed by atoms with E-state index in [1.165, 1.54) is 44.2 Å². The summed E-state index contributed by atoms with van der Waals surface area (Å²) in [5.41, 5.74) is 1.11. The molecule has 0 nitrogen and oxygen atoms in total. The van der Waals surface area contributed by atoms with Crippen LogP contribution >= 0.6 is 0 Å². The summed E-state index contributed by atoms with van der Waals surface area (Å²) in [6, 6.07) is 9.88. The molecule has 3 rings (SSSR count). The molecule has 0 heterocycles. The van der Waals surface area contributed by atoms with Crippen LogP contribution in [0.3, 0.4) is 0 Å². The lowest BCUT2D eigenvalue weighted by molar-refractivity contribution is -0.137. The van der Waals surface area contributed by atoms with Gasteiger partial charge in [-0.3, -0.25) is 0 Å². The second-order valence-electron chi connectivity index (χ2n) is 7.67. The molecule has 0 bridgehead atoms. The standard InChI is InChI=1S/C23H26F4/c1-2-3-4-16-5-7-17(8-6-16)19-11-14-21(22(24)15-19)18-9-12-20(13-10-18)23(25,26)27/h9-17H,2-8H2,1H3. The van der Waals surface area contributed by atoms with Gasteiger partial charge in [-0.1, -0.05) is 50.5 Å². The summed E-state index contributed by atoms with van der Waals surface area (Å²) in [4.78, 5) is 0. The number of benzene rings is 2. The molecule has 0 saturated heterocycles. The third-order valence-electron chi connectivity index (χ3n) is 5.80. The average molecular weight is 378 g/mol. The van der Waals surface area contributed by atoms with E-state index in [-0.39, 0.29) is 5.82 Å². The van der Waals surface area contributed by atoms with Gasteiger partial charge in [0.15, 0.2) is 0 Å². The summed E-state index contributed by atoms with van der Waals surface area (Å²) < 4.78 is 52.7. The Morgan fingerprint density at radius 1 is 0.926 bits per heavy atom. The fourth-order valence-corrected chi connectivity index (χ4v) is 4.14. The molecular weight excluding hydrogens is 352 g/mol. The molecule has 1 aliphatic rings. The van der Waals surface area contributed by atoms with Gasteiger partial charge in [-0.2, -0.15) is 13.2 Å². The molecule has 1 saturated carbocycles. The van der Waals surface area contributed by atoms with E-state index in [2.05, 4.69) is 6.92 Å². The Kier molecular flexibility index (Phi) is 6.23. The van der Waals surface area contributed by atoms with Crippen LogP contribution in [0, 0.1) is 11.7 Å². The van der Waals surface area contributed by atoms with E-state index < -0.39 is 11.7 Å². The molecule has 2 aromatic carbocycles. The molecule has 0 spiro atoms. The first-order valence-electron chi connectivity index (χ1n) is 9.85. The van der Waals surface area contributed by atoms with E-state index in [4.69, 9.17) is 0 Å². The van der Waals surface area contributed by atoms with E-state index >= 15 is 0 Å². The van der Waals surface area contributed by atoms with Crippen molar-refractivity contribution in [3.63, 3.8) is 0 Å². The van der Waals surface area contributed by atoms with E-state index in [9.17, 15) is 17.6 Å². The van der Waals surface area contributed by atoms with Crippen molar-refractivity contribution in [2.75, 3.05) is 0 Å². The van der Waals surface area contributed by atoms with Crippen molar-refractivity contribution in [1.29, 1.82) is 0 Å². The fourth-order valence-electron chi connectivity index (χ4n) is 4.14. The Hall–Kier alpha value is -1.84. The fraction of sp³-hybridized carbons (Fsp3) is 0.478. The van der Waals surface area contributed by atoms with Crippen LogP contribution in [-0.2, 0) is 6.18 Å². The number of hydrogen-bond acceptors (Lipinski definition) is 0. The van der Waals surface area contributed by atoms with Crippen LogP contribution < -0.4 is 0 Å². The molecule has 27 heavy (non-hydrogen) atoms. The first-order valence-corrected chi connectivity index (χ1v) is 9.85. The lowest BCUT2D eigenvalue weighted by atomic mass is 9.77. The maximum Gasteiger partial charge on any atom is 0.416 e. The summed E-state index contributed by atoms with van der Waals surface area (Å²) in [7, 11) is 0. The second-order valence-corrected chi connectivity index (χ2v) is 7.67. The molecule has 0 aromatic heterocycles. The van der Waals surface area contributed by atoms with Gasteiger partial charge in [-0.05, 0) is 66.8 Å². The zero-order valence-corrected chi connectivity index (χ0v) is 15.7. The summed E-state index contributed by atoms with van der Waals surface area (Å²) in [5.74, 6) is 0.830. The van der Waals surface area contributed by atoms with E-state index in [0.29, 0.717) is 17.0 Å². The van der Waals surface area contributed by atoms with Crippen molar-refractivity contribution in [1.82, 2.24) is 0 Å². The Bertz CT molecular complexity index is 738. The van der Waals surface area contributed by atoms with Gasteiger partial charge in [0.05, 0.1) is 5.56 Å². The normalized spacial score (nSPS) is 20.6. The van der Waals surface area contributed by atoms with Crippen LogP contribution in [0.15, 0.2) is 42.5 Å². The van der Waals surface area contributed by atoms with Crippen LogP contribution in [0.25, 0.3) is 11.1 Å². The minimum absolute atomic E-state index is 0.351. The topological polar surface area (TPSA) is 0 Å². The highest BCUT2D eigenvalue weighted by molar-refractivity contribution is 5.65. The molecule has 1 aliphatic carbocycles. The van der Waals surface area contributed by atoms with E-state index in [0.717, 1.165) is 36.5 Å². The van der Waals surface area contributed by atoms with Crippen LogP contribution in [-0.4, -0.2) is 0 Å². The zero-order chi connectivity index (χ0) is 19.4. The Morgan fingerprint density at radius 2 is 1.59 bits per heavy atom. The maximum atomic E-state index is 14.6. The first-order chi connectivity index (χ1) is 12.9. The average Bonchev–Trinajstić information content (AvgIpc) is 2.66. The van der Waals surface area contributed by atoms with E-state index in [1.54, 1.807) is 12.1 Å². The van der Waals surface area contributed by atoms with Gasteiger partial charge in [0.2, 0.25) is 0 Å². The van der Waals surface area contributed by atoms with Gasteiger partial charge >= 0.3 is 6.18 Å². The molecule has 4 heteroatoms. The largest absolute Gasteiger partial charge is 0.416 e. The summed E-state index contributed by atoms with van der Waals surface area (Å²) in [6.45, 7) is 2.21. The van der Waals surface area contributed by atoms with Crippen LogP contribution in [0.5, 0.6) is 0 Å². The number of rotatable bonds is 5. The third-order valence-corrected chi connectivity index (χ3v) is 5.80. The van der Waals surface area contributed by atoms with Crippen molar-refractivity contribution in [2.45, 2.75) is 64.0 Å². The molecular formula is C23H26F4. The molecule has 0 amide bonds. The Balaban J connectivity index is 1.69. The predicted molar refractivity (Wildman–Crippen MR) is 101 cm³/mol. The van der Waals surface area contributed by atoms with Gasteiger partial charge in [0, 0.05) is 5.56 Å². The summed E-state index contributed by atoms with van der Waals surface area (Å²) >= 11 is 0. The summed E-state index contributed by atoms with van der Waals surface area (Å²) in [6.07, 6.45) is 4.02. The molecule has 2 aromatic rings. The third kappa shape index (κ3) is 4.91. The lowest BCUT2D eigenvalue weighted by Crippen LogP contribution is -2.13. The van der Waals surface area contributed by atoms with Gasteiger partial charge in [0.25, 0.3) is 0 Å². The van der Waals surface area contributed by atoms with Crippen LogP contribution in [0.2, 0.25) is 0 Å². The van der Waals surface area contributed by atoms with Gasteiger partial charge in [-0.15, -0.1) is 0 Å². The number of alkyl halides is 3. The van der Waals surface area contributed by atoms with Gasteiger partial charge < -0.3 is 0 Å². The molecule has 1 fully saturated rings. The second kappa shape index (κ2) is 8.45. The van der Waals surface area contributed by atoms with Crippen molar-refractivity contribution in [3.8, 4) is 11.1 Å². The van der Waals surface area contributed by atoms with Crippen molar-refractivity contribution in [3.05, 3.63) is 59.4 Å². The molecule has 0 unspecified atom stereocenters. The number of unbranched alkanes of at least 4 members (excludes halogenated alkanes) is 1. The highest BCUT2D eigenvalue weighted by Crippen LogP contribution is 2.39. The molecule has 0 atom stereocenters. The van der Waals surface area contributed by atoms with Crippen molar-refractivity contribution in [2.24, 2.45) is 5.92 Å². The highest BCUT2D eigenvalue weighted by atomic mass is 19.4. The molecule has 0 aliphatic heterocycles. The minimum Gasteiger partial charge on any atom is -0.206 e. The van der Waals surface area contributed by atoms with Gasteiger partial charge in [0.1, 0.15) is 5.82 Å². The van der Waals surface area contributed by atoms with Gasteiger partial charge in [-0.25, -0.2) is 4.39 Å². The molecule has 0 radical (unpaired) electrons.